The van der Waals surface area contributed by atoms with E-state index in [9.17, 15) is 0 Å². The maximum absolute atomic E-state index is 8.53. The lowest BCUT2D eigenvalue weighted by atomic mass is 10.1. The van der Waals surface area contributed by atoms with E-state index >= 15 is 0 Å². The maximum atomic E-state index is 8.53. The van der Waals surface area contributed by atoms with Crippen LogP contribution < -0.4 is 0 Å². The molecule has 0 spiro atoms. The second-order valence-corrected chi connectivity index (χ2v) is 3.30. The maximum Gasteiger partial charge on any atom is 0.0893 e. The highest BCUT2D eigenvalue weighted by atomic mass is 32.1. The monoisotopic (exact) mass is 204 g/mol. The van der Waals surface area contributed by atoms with Crippen LogP contribution in [0.15, 0.2) is 5.16 Å². The minimum atomic E-state index is 0.483. The van der Waals surface area contributed by atoms with Gasteiger partial charge >= 0.3 is 0 Å². The molecule has 4 nitrogen and oxygen atoms in total. The zero-order chi connectivity index (χ0) is 9.52. The average Bonchev–Trinajstić information content (AvgIpc) is 2.19. The van der Waals surface area contributed by atoms with Gasteiger partial charge in [-0.3, -0.25) is 0 Å². The number of piperidine rings is 1. The Balaban J connectivity index is 2.10. The van der Waals surface area contributed by atoms with Gasteiger partial charge in [0.05, 0.1) is 18.3 Å². The molecule has 1 fully saturated rings. The van der Waals surface area contributed by atoms with Crippen LogP contribution in [0.1, 0.15) is 12.8 Å². The van der Waals surface area contributed by atoms with Gasteiger partial charge in [0.25, 0.3) is 0 Å². The number of hydrogen-bond donors (Lipinski definition) is 2. The number of thiol groups is 1. The summed E-state index contributed by atoms with van der Waals surface area (Å²) in [5.41, 5.74) is 0.909. The van der Waals surface area contributed by atoms with Crippen LogP contribution in [-0.4, -0.2) is 48.0 Å². The van der Waals surface area contributed by atoms with Gasteiger partial charge in [-0.15, -0.1) is 0 Å². The van der Waals surface area contributed by atoms with Gasteiger partial charge in [0, 0.05) is 32.5 Å². The van der Waals surface area contributed by atoms with Crippen molar-refractivity contribution in [3.8, 4) is 0 Å². The summed E-state index contributed by atoms with van der Waals surface area (Å²) in [5.74, 6) is 0.483. The number of ether oxygens (including phenoxy) is 1. The Morgan fingerprint density at radius 2 is 2.15 bits per heavy atom. The normalized spacial score (nSPS) is 19.0. The SMILES string of the molecule is ON=C1CCN(CCOCS)CC1. The molecule has 5 heteroatoms. The molecule has 0 aromatic rings. The van der Waals surface area contributed by atoms with Crippen LogP contribution >= 0.6 is 12.6 Å². The fourth-order valence-corrected chi connectivity index (χ4v) is 1.52. The Morgan fingerprint density at radius 3 is 2.69 bits per heavy atom. The number of rotatable bonds is 4. The van der Waals surface area contributed by atoms with E-state index in [1.165, 1.54) is 0 Å². The molecule has 1 heterocycles. The zero-order valence-electron chi connectivity index (χ0n) is 7.65. The van der Waals surface area contributed by atoms with Crippen molar-refractivity contribution in [1.29, 1.82) is 0 Å². The molecule has 1 saturated heterocycles. The summed E-state index contributed by atoms with van der Waals surface area (Å²) in [5, 5.41) is 11.8. The topological polar surface area (TPSA) is 45.1 Å². The van der Waals surface area contributed by atoms with Gasteiger partial charge in [0.15, 0.2) is 0 Å². The van der Waals surface area contributed by atoms with Crippen LogP contribution in [0.5, 0.6) is 0 Å². The first-order valence-corrected chi connectivity index (χ1v) is 5.11. The standard InChI is InChI=1S/C8H16N2O2S/c11-9-8-1-3-10(4-2-8)5-6-12-7-13/h11,13H,1-7H2. The quantitative estimate of drug-likeness (QED) is 0.234. The summed E-state index contributed by atoms with van der Waals surface area (Å²) in [4.78, 5) is 2.30. The molecule has 0 radical (unpaired) electrons. The van der Waals surface area contributed by atoms with E-state index in [1.54, 1.807) is 0 Å². The number of hydrogen-bond acceptors (Lipinski definition) is 5. The Labute approximate surface area is 84.0 Å². The van der Waals surface area contributed by atoms with E-state index in [2.05, 4.69) is 22.7 Å². The number of likely N-dealkylation sites (tertiary alicyclic amines) is 1. The van der Waals surface area contributed by atoms with Crippen molar-refractivity contribution in [2.75, 3.05) is 32.2 Å². The lowest BCUT2D eigenvalue weighted by molar-refractivity contribution is 0.137. The third-order valence-electron chi connectivity index (χ3n) is 2.22. The third kappa shape index (κ3) is 3.97. The Morgan fingerprint density at radius 1 is 1.46 bits per heavy atom. The first-order chi connectivity index (χ1) is 6.36. The number of nitrogens with zero attached hydrogens (tertiary/aromatic N) is 2. The largest absolute Gasteiger partial charge is 0.411 e. The summed E-state index contributed by atoms with van der Waals surface area (Å²) in [6, 6.07) is 0. The molecule has 0 aliphatic carbocycles. The van der Waals surface area contributed by atoms with Crippen molar-refractivity contribution >= 4 is 18.3 Å². The fraction of sp³-hybridized carbons (Fsp3) is 0.875. The fourth-order valence-electron chi connectivity index (χ4n) is 1.39. The molecular formula is C8H16N2O2S. The molecule has 0 unspecified atom stereocenters. The lowest BCUT2D eigenvalue weighted by Crippen LogP contribution is -2.36. The highest BCUT2D eigenvalue weighted by Gasteiger charge is 2.14. The van der Waals surface area contributed by atoms with E-state index in [1.807, 2.05) is 0 Å². The van der Waals surface area contributed by atoms with Crippen LogP contribution in [0.3, 0.4) is 0 Å². The lowest BCUT2D eigenvalue weighted by Gasteiger charge is -2.26. The highest BCUT2D eigenvalue weighted by Crippen LogP contribution is 2.06. The Hall–Kier alpha value is -0.260. The summed E-state index contributed by atoms with van der Waals surface area (Å²) in [6.07, 6.45) is 1.74. The predicted octanol–water partition coefficient (Wildman–Crippen LogP) is 0.816. The summed E-state index contributed by atoms with van der Waals surface area (Å²) >= 11 is 3.95. The molecule has 0 bridgehead atoms. The molecule has 13 heavy (non-hydrogen) atoms. The van der Waals surface area contributed by atoms with Crippen molar-refractivity contribution in [2.24, 2.45) is 5.16 Å². The van der Waals surface area contributed by atoms with Crippen molar-refractivity contribution in [2.45, 2.75) is 12.8 Å². The zero-order valence-corrected chi connectivity index (χ0v) is 8.54. The first kappa shape index (κ1) is 10.8. The van der Waals surface area contributed by atoms with E-state index < -0.39 is 0 Å². The summed E-state index contributed by atoms with van der Waals surface area (Å²) in [6.45, 7) is 3.61. The minimum absolute atomic E-state index is 0.483. The van der Waals surface area contributed by atoms with E-state index in [-0.39, 0.29) is 0 Å². The van der Waals surface area contributed by atoms with Gasteiger partial charge in [0.1, 0.15) is 0 Å². The van der Waals surface area contributed by atoms with Crippen LogP contribution in [0, 0.1) is 0 Å². The predicted molar refractivity (Wildman–Crippen MR) is 54.7 cm³/mol. The van der Waals surface area contributed by atoms with Crippen LogP contribution in [0.2, 0.25) is 0 Å². The molecular weight excluding hydrogens is 188 g/mol. The minimum Gasteiger partial charge on any atom is -0.411 e. The second-order valence-electron chi connectivity index (χ2n) is 3.05. The molecule has 76 valence electrons. The van der Waals surface area contributed by atoms with Crippen LogP contribution in [0.4, 0.5) is 0 Å². The molecule has 0 amide bonds. The Kier molecular flexibility index (Phi) is 5.19. The summed E-state index contributed by atoms with van der Waals surface area (Å²) < 4.78 is 5.13. The van der Waals surface area contributed by atoms with Gasteiger partial charge in [-0.25, -0.2) is 0 Å². The van der Waals surface area contributed by atoms with Gasteiger partial charge in [-0.1, -0.05) is 5.16 Å². The van der Waals surface area contributed by atoms with Crippen LogP contribution in [0.25, 0.3) is 0 Å². The number of oxime groups is 1. The molecule has 1 aliphatic heterocycles. The molecule has 1 aliphatic rings. The molecule has 0 aromatic carbocycles. The van der Waals surface area contributed by atoms with Crippen molar-refractivity contribution in [3.63, 3.8) is 0 Å². The molecule has 0 aromatic heterocycles. The average molecular weight is 204 g/mol. The van der Waals surface area contributed by atoms with Gasteiger partial charge in [0.2, 0.25) is 0 Å². The highest BCUT2D eigenvalue weighted by molar-refractivity contribution is 7.80. The van der Waals surface area contributed by atoms with Gasteiger partial charge in [-0.05, 0) is 0 Å². The molecule has 1 rings (SSSR count). The van der Waals surface area contributed by atoms with E-state index in [0.29, 0.717) is 5.94 Å². The smallest absolute Gasteiger partial charge is 0.0893 e. The molecule has 0 saturated carbocycles. The van der Waals surface area contributed by atoms with Crippen molar-refractivity contribution in [3.05, 3.63) is 0 Å². The second kappa shape index (κ2) is 6.23. The Bertz CT molecular complexity index is 166. The molecule has 0 atom stereocenters. The van der Waals surface area contributed by atoms with Crippen molar-refractivity contribution in [1.82, 2.24) is 4.90 Å². The van der Waals surface area contributed by atoms with Crippen LogP contribution in [-0.2, 0) is 4.74 Å². The molecule has 1 N–H and O–H groups in total. The van der Waals surface area contributed by atoms with Gasteiger partial charge < -0.3 is 14.8 Å². The van der Waals surface area contributed by atoms with E-state index in [4.69, 9.17) is 9.94 Å². The summed E-state index contributed by atoms with van der Waals surface area (Å²) in [7, 11) is 0. The van der Waals surface area contributed by atoms with E-state index in [0.717, 1.165) is 44.8 Å². The van der Waals surface area contributed by atoms with Gasteiger partial charge in [-0.2, -0.15) is 12.6 Å². The third-order valence-corrected chi connectivity index (χ3v) is 2.40. The van der Waals surface area contributed by atoms with Crippen molar-refractivity contribution < 1.29 is 9.94 Å². The first-order valence-electron chi connectivity index (χ1n) is 4.47.